The number of hydrogen-bond acceptors (Lipinski definition) is 5. The minimum Gasteiger partial charge on any atom is -0.466 e. The molecule has 0 radical (unpaired) electrons. The Morgan fingerprint density at radius 3 is 0.845 bits per heavy atom. The van der Waals surface area contributed by atoms with Gasteiger partial charge in [-0.1, -0.05) is 391 Å². The standard InChI is InChI=1S/C78H151NO5/c1-3-5-7-9-11-13-15-17-19-21-23-24-32-35-38-42-46-50-54-58-62-66-70-76(81)75(74-80)79-77(82)71-67-63-59-55-51-47-43-39-36-33-30-28-26-25-27-29-31-34-37-41-45-49-53-57-61-65-69-73-84-78(83)72-68-64-60-56-52-48-44-40-22-20-18-16-14-12-10-8-6-4-2/h25-26,66,70,75-76,80-81H,3-24,27-65,67-69,71-74H2,1-2H3,(H,79,82)/b26-25-,70-66+. The molecule has 0 aliphatic rings. The van der Waals surface area contributed by atoms with E-state index in [4.69, 9.17) is 4.74 Å². The van der Waals surface area contributed by atoms with Crippen LogP contribution in [0.1, 0.15) is 438 Å². The number of aliphatic hydroxyl groups excluding tert-OH is 2. The number of ether oxygens (including phenoxy) is 1. The highest BCUT2D eigenvalue weighted by molar-refractivity contribution is 5.76. The molecule has 0 heterocycles. The predicted octanol–water partition coefficient (Wildman–Crippen LogP) is 25.3. The predicted molar refractivity (Wildman–Crippen MR) is 370 cm³/mol. The Bertz CT molecular complexity index is 1320. The highest BCUT2D eigenvalue weighted by Gasteiger charge is 2.18. The van der Waals surface area contributed by atoms with Crippen LogP contribution < -0.4 is 5.32 Å². The van der Waals surface area contributed by atoms with Crippen LogP contribution >= 0.6 is 0 Å². The Kier molecular flexibility index (Phi) is 72.3. The normalized spacial score (nSPS) is 12.6. The zero-order chi connectivity index (χ0) is 60.6. The lowest BCUT2D eigenvalue weighted by Gasteiger charge is -2.20. The molecule has 0 saturated heterocycles. The number of carbonyl (C=O) groups excluding carboxylic acids is 2. The van der Waals surface area contributed by atoms with Gasteiger partial charge in [0, 0.05) is 12.8 Å². The molecule has 0 saturated carbocycles. The highest BCUT2D eigenvalue weighted by atomic mass is 16.5. The molecule has 498 valence electrons. The number of amides is 1. The largest absolute Gasteiger partial charge is 0.466 e. The lowest BCUT2D eigenvalue weighted by Crippen LogP contribution is -2.45. The van der Waals surface area contributed by atoms with Gasteiger partial charge in [0.1, 0.15) is 0 Å². The summed E-state index contributed by atoms with van der Waals surface area (Å²) in [6, 6.07) is -0.630. The first-order chi connectivity index (χ1) is 41.5. The maximum Gasteiger partial charge on any atom is 0.305 e. The summed E-state index contributed by atoms with van der Waals surface area (Å²) >= 11 is 0. The molecule has 84 heavy (non-hydrogen) atoms. The molecule has 0 bridgehead atoms. The summed E-state index contributed by atoms with van der Waals surface area (Å²) in [4.78, 5) is 24.7. The molecule has 2 unspecified atom stereocenters. The zero-order valence-electron chi connectivity index (χ0n) is 57.2. The minimum absolute atomic E-state index is 0.0202. The summed E-state index contributed by atoms with van der Waals surface area (Å²) in [5, 5.41) is 23.3. The van der Waals surface area contributed by atoms with E-state index in [-0.39, 0.29) is 18.5 Å². The lowest BCUT2D eigenvalue weighted by atomic mass is 10.0. The number of carbonyl (C=O) groups is 2. The van der Waals surface area contributed by atoms with Crippen LogP contribution in [-0.2, 0) is 14.3 Å². The Morgan fingerprint density at radius 1 is 0.321 bits per heavy atom. The number of hydrogen-bond donors (Lipinski definition) is 3. The van der Waals surface area contributed by atoms with Crippen molar-refractivity contribution in [2.45, 2.75) is 450 Å². The van der Waals surface area contributed by atoms with E-state index in [2.05, 4.69) is 31.3 Å². The fraction of sp³-hybridized carbons (Fsp3) is 0.923. The molecular formula is C78H151NO5. The summed E-state index contributed by atoms with van der Waals surface area (Å²) < 4.78 is 5.51. The number of rotatable bonds is 73. The summed E-state index contributed by atoms with van der Waals surface area (Å²) in [5.41, 5.74) is 0. The summed E-state index contributed by atoms with van der Waals surface area (Å²) in [6.45, 7) is 4.96. The molecule has 0 fully saturated rings. The van der Waals surface area contributed by atoms with E-state index >= 15 is 0 Å². The van der Waals surface area contributed by atoms with Crippen molar-refractivity contribution in [1.82, 2.24) is 5.32 Å². The van der Waals surface area contributed by atoms with E-state index < -0.39 is 12.1 Å². The van der Waals surface area contributed by atoms with Crippen LogP contribution in [0.2, 0.25) is 0 Å². The third-order valence-electron chi connectivity index (χ3n) is 18.2. The van der Waals surface area contributed by atoms with Crippen LogP contribution in [0, 0.1) is 0 Å². The van der Waals surface area contributed by atoms with Crippen molar-refractivity contribution in [1.29, 1.82) is 0 Å². The Hall–Kier alpha value is -1.66. The molecular weight excluding hydrogens is 1030 g/mol. The molecule has 0 aromatic heterocycles. The molecule has 1 amide bonds. The van der Waals surface area contributed by atoms with Gasteiger partial charge in [-0.2, -0.15) is 0 Å². The van der Waals surface area contributed by atoms with Gasteiger partial charge in [-0.3, -0.25) is 9.59 Å². The van der Waals surface area contributed by atoms with Crippen molar-refractivity contribution in [2.24, 2.45) is 0 Å². The molecule has 0 aliphatic carbocycles. The van der Waals surface area contributed by atoms with Crippen molar-refractivity contribution in [3.05, 3.63) is 24.3 Å². The van der Waals surface area contributed by atoms with Gasteiger partial charge in [0.2, 0.25) is 5.91 Å². The lowest BCUT2D eigenvalue weighted by molar-refractivity contribution is -0.143. The number of nitrogens with one attached hydrogen (secondary N) is 1. The van der Waals surface area contributed by atoms with Gasteiger partial charge in [0.25, 0.3) is 0 Å². The van der Waals surface area contributed by atoms with E-state index in [9.17, 15) is 19.8 Å². The summed E-state index contributed by atoms with van der Waals surface area (Å²) in [7, 11) is 0. The maximum absolute atomic E-state index is 12.5. The van der Waals surface area contributed by atoms with Crippen LogP contribution in [0.5, 0.6) is 0 Å². The van der Waals surface area contributed by atoms with Gasteiger partial charge in [0.15, 0.2) is 0 Å². The first-order valence-electron chi connectivity index (χ1n) is 38.6. The first-order valence-corrected chi connectivity index (χ1v) is 38.6. The van der Waals surface area contributed by atoms with Crippen LogP contribution in [-0.4, -0.2) is 47.4 Å². The van der Waals surface area contributed by atoms with E-state index in [1.807, 2.05) is 6.08 Å². The molecule has 0 aromatic rings. The Labute approximate surface area is 526 Å². The van der Waals surface area contributed by atoms with E-state index in [0.29, 0.717) is 19.4 Å². The third kappa shape index (κ3) is 69.4. The van der Waals surface area contributed by atoms with Crippen molar-refractivity contribution in [3.63, 3.8) is 0 Å². The van der Waals surface area contributed by atoms with Crippen molar-refractivity contribution < 1.29 is 24.5 Å². The monoisotopic (exact) mass is 1180 g/mol. The molecule has 0 rings (SSSR count). The number of unbranched alkanes of at least 4 members (excludes halogenated alkanes) is 60. The number of esters is 1. The smallest absolute Gasteiger partial charge is 0.305 e. The van der Waals surface area contributed by atoms with Gasteiger partial charge in [0.05, 0.1) is 25.4 Å². The van der Waals surface area contributed by atoms with E-state index in [1.165, 1.54) is 372 Å². The SMILES string of the molecule is CCCCCCCCCCCCCCCCCCCCCC/C=C/C(O)C(CO)NC(=O)CCCCCCCCCCCCC/C=C\CCCCCCCCCCCCCCOC(=O)CCCCCCCCCCCCCCCCCCCC. The topological polar surface area (TPSA) is 95.9 Å². The van der Waals surface area contributed by atoms with Crippen molar-refractivity contribution in [3.8, 4) is 0 Å². The second kappa shape index (κ2) is 73.8. The second-order valence-corrected chi connectivity index (χ2v) is 26.7. The first kappa shape index (κ1) is 82.3. The molecule has 0 aromatic carbocycles. The summed E-state index contributed by atoms with van der Waals surface area (Å²) in [5.74, 6) is -0.0438. The van der Waals surface area contributed by atoms with Gasteiger partial charge >= 0.3 is 5.97 Å². The van der Waals surface area contributed by atoms with Crippen LogP contribution in [0.15, 0.2) is 24.3 Å². The molecule has 6 heteroatoms. The Morgan fingerprint density at radius 2 is 0.560 bits per heavy atom. The van der Waals surface area contributed by atoms with Crippen LogP contribution in [0.4, 0.5) is 0 Å². The molecule has 0 spiro atoms. The quantitative estimate of drug-likeness (QED) is 0.0320. The van der Waals surface area contributed by atoms with Gasteiger partial charge in [-0.15, -0.1) is 0 Å². The van der Waals surface area contributed by atoms with E-state index in [0.717, 1.165) is 38.5 Å². The minimum atomic E-state index is -0.846. The summed E-state index contributed by atoms with van der Waals surface area (Å²) in [6.07, 6.45) is 94.3. The van der Waals surface area contributed by atoms with Gasteiger partial charge in [-0.05, 0) is 57.8 Å². The van der Waals surface area contributed by atoms with Crippen LogP contribution in [0.25, 0.3) is 0 Å². The molecule has 6 nitrogen and oxygen atoms in total. The van der Waals surface area contributed by atoms with Crippen LogP contribution in [0.3, 0.4) is 0 Å². The van der Waals surface area contributed by atoms with Crippen molar-refractivity contribution >= 4 is 11.9 Å². The zero-order valence-corrected chi connectivity index (χ0v) is 57.2. The molecule has 2 atom stereocenters. The number of aliphatic hydroxyl groups is 2. The van der Waals surface area contributed by atoms with Gasteiger partial charge < -0.3 is 20.3 Å². The second-order valence-electron chi connectivity index (χ2n) is 26.7. The van der Waals surface area contributed by atoms with Crippen molar-refractivity contribution in [2.75, 3.05) is 13.2 Å². The van der Waals surface area contributed by atoms with E-state index in [1.54, 1.807) is 6.08 Å². The average Bonchev–Trinajstić information content (AvgIpc) is 3.52. The molecule has 0 aliphatic heterocycles. The fourth-order valence-electron chi connectivity index (χ4n) is 12.3. The number of allylic oxidation sites excluding steroid dienone is 3. The average molecular weight is 1180 g/mol. The van der Waals surface area contributed by atoms with Gasteiger partial charge in [-0.25, -0.2) is 0 Å². The Balaban J connectivity index is 3.39. The molecule has 3 N–H and O–H groups in total. The third-order valence-corrected chi connectivity index (χ3v) is 18.2. The fourth-order valence-corrected chi connectivity index (χ4v) is 12.3. The maximum atomic E-state index is 12.5. The highest BCUT2D eigenvalue weighted by Crippen LogP contribution is 2.20.